The minimum absolute atomic E-state index is 0.109. The van der Waals surface area contributed by atoms with Crippen LogP contribution in [0.5, 0.6) is 0 Å². The maximum atomic E-state index is 13.6. The molecule has 5 aromatic carbocycles. The van der Waals surface area contributed by atoms with Crippen LogP contribution in [0.25, 0.3) is 33.4 Å². The van der Waals surface area contributed by atoms with E-state index >= 15 is 0 Å². The van der Waals surface area contributed by atoms with Crippen LogP contribution in [0.15, 0.2) is 120 Å². The van der Waals surface area contributed by atoms with Crippen LogP contribution in [-0.4, -0.2) is 5.78 Å². The molecule has 0 saturated carbocycles. The Balaban J connectivity index is 1.51. The van der Waals surface area contributed by atoms with Gasteiger partial charge in [-0.15, -0.1) is 0 Å². The zero-order valence-electron chi connectivity index (χ0n) is 19.2. The van der Waals surface area contributed by atoms with Crippen LogP contribution in [0, 0.1) is 0 Å². The summed E-state index contributed by atoms with van der Waals surface area (Å²) in [6.07, 6.45) is 1.75. The van der Waals surface area contributed by atoms with Gasteiger partial charge in [0.15, 0.2) is 5.78 Å². The summed E-state index contributed by atoms with van der Waals surface area (Å²) >= 11 is 3.54. The van der Waals surface area contributed by atoms with E-state index in [2.05, 4.69) is 107 Å². The molecule has 1 aliphatic carbocycles. The molecule has 35 heavy (non-hydrogen) atoms. The molecule has 0 saturated heterocycles. The topological polar surface area (TPSA) is 17.1 Å². The van der Waals surface area contributed by atoms with Gasteiger partial charge in [-0.1, -0.05) is 94.8 Å². The smallest absolute Gasteiger partial charge is 0.193 e. The number of hydrogen-bond acceptors (Lipinski definition) is 1. The third-order valence-electron chi connectivity index (χ3n) is 6.82. The zero-order chi connectivity index (χ0) is 23.8. The van der Waals surface area contributed by atoms with Crippen LogP contribution >= 0.6 is 15.9 Å². The molecule has 0 fully saturated rings. The van der Waals surface area contributed by atoms with Crippen molar-refractivity contribution in [1.29, 1.82) is 0 Å². The molecule has 0 heterocycles. The SMILES string of the molecule is O=C1c2cc(Br)ccc2CCc2ccc(-c3cc(-c4ccccc4)cc(-c4ccccc4)c3)cc21. The van der Waals surface area contributed by atoms with Crippen molar-refractivity contribution in [2.75, 3.05) is 0 Å². The van der Waals surface area contributed by atoms with E-state index in [1.165, 1.54) is 11.1 Å². The number of halogens is 1. The average Bonchev–Trinajstić information content (AvgIpc) is 3.05. The normalized spacial score (nSPS) is 12.5. The second-order valence-corrected chi connectivity index (χ2v) is 9.95. The van der Waals surface area contributed by atoms with E-state index in [1.54, 1.807) is 0 Å². The summed E-state index contributed by atoms with van der Waals surface area (Å²) in [6.45, 7) is 0. The first-order chi connectivity index (χ1) is 17.2. The molecule has 0 amide bonds. The van der Waals surface area contributed by atoms with Crippen molar-refractivity contribution in [1.82, 2.24) is 0 Å². The Labute approximate surface area is 214 Å². The van der Waals surface area contributed by atoms with E-state index in [0.29, 0.717) is 0 Å². The molecule has 0 unspecified atom stereocenters. The number of ketones is 1. The maximum absolute atomic E-state index is 13.6. The fourth-order valence-corrected chi connectivity index (χ4v) is 5.33. The van der Waals surface area contributed by atoms with E-state index in [9.17, 15) is 4.79 Å². The first-order valence-electron chi connectivity index (χ1n) is 11.9. The summed E-state index contributed by atoms with van der Waals surface area (Å²) in [5, 5.41) is 0. The molecule has 0 aromatic heterocycles. The molecular formula is C33H23BrO. The van der Waals surface area contributed by atoms with Gasteiger partial charge in [-0.3, -0.25) is 4.79 Å². The minimum atomic E-state index is 0.109. The van der Waals surface area contributed by atoms with Crippen LogP contribution in [0.3, 0.4) is 0 Å². The van der Waals surface area contributed by atoms with Gasteiger partial charge in [0, 0.05) is 15.6 Å². The molecule has 0 atom stereocenters. The number of carbonyl (C=O) groups excluding carboxylic acids is 1. The van der Waals surface area contributed by atoms with Gasteiger partial charge < -0.3 is 0 Å². The molecule has 1 aliphatic rings. The van der Waals surface area contributed by atoms with Crippen molar-refractivity contribution < 1.29 is 4.79 Å². The Kier molecular flexibility index (Phi) is 5.67. The summed E-state index contributed by atoms with van der Waals surface area (Å²) < 4.78 is 0.937. The summed E-state index contributed by atoms with van der Waals surface area (Å²) in [5.41, 5.74) is 10.7. The lowest BCUT2D eigenvalue weighted by atomic mass is 9.90. The fraction of sp³-hybridized carbons (Fsp3) is 0.0606. The molecule has 5 aromatic rings. The van der Waals surface area contributed by atoms with E-state index in [1.807, 2.05) is 24.3 Å². The molecule has 1 nitrogen and oxygen atoms in total. The summed E-state index contributed by atoms with van der Waals surface area (Å²) in [6, 6.07) is 40.1. The van der Waals surface area contributed by atoms with Gasteiger partial charge in [0.2, 0.25) is 0 Å². The third-order valence-corrected chi connectivity index (χ3v) is 7.31. The highest BCUT2D eigenvalue weighted by Crippen LogP contribution is 2.35. The van der Waals surface area contributed by atoms with Crippen LogP contribution in [0.2, 0.25) is 0 Å². The van der Waals surface area contributed by atoms with Gasteiger partial charge in [0.25, 0.3) is 0 Å². The zero-order valence-corrected chi connectivity index (χ0v) is 20.8. The summed E-state index contributed by atoms with van der Waals surface area (Å²) in [4.78, 5) is 13.6. The van der Waals surface area contributed by atoms with Crippen molar-refractivity contribution in [3.63, 3.8) is 0 Å². The van der Waals surface area contributed by atoms with Gasteiger partial charge in [0.1, 0.15) is 0 Å². The van der Waals surface area contributed by atoms with Gasteiger partial charge in [-0.2, -0.15) is 0 Å². The lowest BCUT2D eigenvalue weighted by molar-refractivity contribution is 0.103. The van der Waals surface area contributed by atoms with Gasteiger partial charge >= 0.3 is 0 Å². The van der Waals surface area contributed by atoms with Crippen LogP contribution in [0.4, 0.5) is 0 Å². The van der Waals surface area contributed by atoms with Crippen molar-refractivity contribution in [2.45, 2.75) is 12.8 Å². The lowest BCUT2D eigenvalue weighted by Gasteiger charge is -2.13. The van der Waals surface area contributed by atoms with Gasteiger partial charge in [-0.05, 0) is 93.7 Å². The largest absolute Gasteiger partial charge is 0.289 e. The Morgan fingerprint density at radius 3 is 1.51 bits per heavy atom. The number of hydrogen-bond donors (Lipinski definition) is 0. The van der Waals surface area contributed by atoms with Crippen LogP contribution in [0.1, 0.15) is 27.0 Å². The summed E-state index contributed by atoms with van der Waals surface area (Å²) in [7, 11) is 0. The summed E-state index contributed by atoms with van der Waals surface area (Å²) in [5.74, 6) is 0.109. The second-order valence-electron chi connectivity index (χ2n) is 9.03. The van der Waals surface area contributed by atoms with E-state index in [4.69, 9.17) is 0 Å². The first-order valence-corrected chi connectivity index (χ1v) is 12.7. The quantitative estimate of drug-likeness (QED) is 0.235. The molecule has 168 valence electrons. The third kappa shape index (κ3) is 4.26. The molecule has 0 N–H and O–H groups in total. The molecule has 0 bridgehead atoms. The minimum Gasteiger partial charge on any atom is -0.289 e. The van der Waals surface area contributed by atoms with Crippen molar-refractivity contribution >= 4 is 21.7 Å². The first kappa shape index (κ1) is 21.8. The van der Waals surface area contributed by atoms with Gasteiger partial charge in [0.05, 0.1) is 0 Å². The fourth-order valence-electron chi connectivity index (χ4n) is 4.97. The number of carbonyl (C=O) groups is 1. The van der Waals surface area contributed by atoms with E-state index < -0.39 is 0 Å². The standard InChI is InChI=1S/C33H23BrO/c34-30-16-15-25-12-11-24-13-14-26(20-31(24)33(35)32(25)21-30)29-18-27(22-7-3-1-4-8-22)17-28(19-29)23-9-5-2-6-10-23/h1-10,13-21H,11-12H2. The highest BCUT2D eigenvalue weighted by molar-refractivity contribution is 9.10. The van der Waals surface area contributed by atoms with Crippen molar-refractivity contribution in [3.8, 4) is 33.4 Å². The van der Waals surface area contributed by atoms with Gasteiger partial charge in [-0.25, -0.2) is 0 Å². The van der Waals surface area contributed by atoms with Crippen LogP contribution < -0.4 is 0 Å². The Bertz CT molecular complexity index is 1490. The molecular weight excluding hydrogens is 492 g/mol. The molecule has 0 spiro atoms. The molecule has 2 heteroatoms. The lowest BCUT2D eigenvalue weighted by Crippen LogP contribution is -2.04. The van der Waals surface area contributed by atoms with Crippen molar-refractivity contribution in [2.24, 2.45) is 0 Å². The molecule has 0 radical (unpaired) electrons. The Morgan fingerprint density at radius 1 is 0.457 bits per heavy atom. The average molecular weight is 515 g/mol. The van der Waals surface area contributed by atoms with Crippen molar-refractivity contribution in [3.05, 3.63) is 142 Å². The number of fused-ring (bicyclic) bond motifs is 2. The number of rotatable bonds is 3. The highest BCUT2D eigenvalue weighted by atomic mass is 79.9. The van der Waals surface area contributed by atoms with E-state index in [0.717, 1.165) is 61.8 Å². The maximum Gasteiger partial charge on any atom is 0.193 e. The molecule has 6 rings (SSSR count). The number of benzene rings is 5. The van der Waals surface area contributed by atoms with E-state index in [-0.39, 0.29) is 5.78 Å². The van der Waals surface area contributed by atoms with Crippen LogP contribution in [-0.2, 0) is 12.8 Å². The highest BCUT2D eigenvalue weighted by Gasteiger charge is 2.22. The molecule has 0 aliphatic heterocycles. The Hall–Kier alpha value is -3.75. The number of aryl methyl sites for hydroxylation is 2. The second kappa shape index (κ2) is 9.13. The Morgan fingerprint density at radius 2 is 0.943 bits per heavy atom. The predicted octanol–water partition coefficient (Wildman–Crippen LogP) is 8.78. The predicted molar refractivity (Wildman–Crippen MR) is 148 cm³/mol. The monoisotopic (exact) mass is 514 g/mol.